The lowest BCUT2D eigenvalue weighted by atomic mass is 9.92. The molecule has 0 radical (unpaired) electrons. The zero-order valence-corrected chi connectivity index (χ0v) is 9.61. The molecule has 0 amide bonds. The summed E-state index contributed by atoms with van der Waals surface area (Å²) in [5, 5.41) is 0. The summed E-state index contributed by atoms with van der Waals surface area (Å²) < 4.78 is 4.84. The van der Waals surface area contributed by atoms with Gasteiger partial charge in [-0.3, -0.25) is 4.79 Å². The smallest absolute Gasteiger partial charge is 0.325 e. The molecule has 4 heteroatoms. The number of halogens is 1. The highest BCUT2D eigenvalue weighted by Gasteiger charge is 2.30. The van der Waals surface area contributed by atoms with Crippen molar-refractivity contribution < 1.29 is 9.53 Å². The second kappa shape index (κ2) is 6.22. The van der Waals surface area contributed by atoms with Crippen molar-refractivity contribution in [1.82, 2.24) is 0 Å². The molecule has 0 saturated heterocycles. The van der Waals surface area contributed by atoms with Crippen LogP contribution >= 0.6 is 12.4 Å². The molecule has 13 heavy (non-hydrogen) atoms. The van der Waals surface area contributed by atoms with Gasteiger partial charge in [0.05, 0.1) is 6.61 Å². The molecular weight excluding hydrogens is 190 g/mol. The fraction of sp³-hybridized carbons (Fsp3) is 0.889. The highest BCUT2D eigenvalue weighted by Crippen LogP contribution is 2.14. The second-order valence-electron chi connectivity index (χ2n) is 3.74. The molecule has 0 rings (SSSR count). The van der Waals surface area contributed by atoms with Gasteiger partial charge in [0.1, 0.15) is 5.54 Å². The van der Waals surface area contributed by atoms with Crippen LogP contribution in [0.2, 0.25) is 0 Å². The van der Waals surface area contributed by atoms with E-state index in [-0.39, 0.29) is 18.4 Å². The Balaban J connectivity index is 0. The number of rotatable bonds is 4. The van der Waals surface area contributed by atoms with Crippen LogP contribution < -0.4 is 5.73 Å². The predicted molar refractivity (Wildman–Crippen MR) is 55.9 cm³/mol. The third-order valence-corrected chi connectivity index (χ3v) is 1.57. The Kier molecular flexibility index (Phi) is 7.27. The third-order valence-electron chi connectivity index (χ3n) is 1.57. The fourth-order valence-electron chi connectivity index (χ4n) is 1.23. The number of carbonyl (C=O) groups is 1. The van der Waals surface area contributed by atoms with Gasteiger partial charge in [0.25, 0.3) is 0 Å². The van der Waals surface area contributed by atoms with Crippen LogP contribution in [0.3, 0.4) is 0 Å². The first-order chi connectivity index (χ1) is 5.40. The van der Waals surface area contributed by atoms with Crippen LogP contribution in [0.25, 0.3) is 0 Å². The third kappa shape index (κ3) is 5.88. The SMILES string of the molecule is CCOC(=O)C(C)(N)CC(C)C.Cl. The van der Waals surface area contributed by atoms with Crippen LogP contribution in [0, 0.1) is 5.92 Å². The van der Waals surface area contributed by atoms with Gasteiger partial charge in [0, 0.05) is 0 Å². The van der Waals surface area contributed by atoms with Gasteiger partial charge in [-0.2, -0.15) is 0 Å². The van der Waals surface area contributed by atoms with Crippen molar-refractivity contribution >= 4 is 18.4 Å². The molecule has 0 aromatic carbocycles. The predicted octanol–water partition coefficient (Wildman–Crippen LogP) is 1.73. The van der Waals surface area contributed by atoms with Crippen molar-refractivity contribution in [2.45, 2.75) is 39.7 Å². The van der Waals surface area contributed by atoms with Crippen LogP contribution in [0.15, 0.2) is 0 Å². The Labute approximate surface area is 86.4 Å². The van der Waals surface area contributed by atoms with Crippen molar-refractivity contribution in [2.75, 3.05) is 6.61 Å². The van der Waals surface area contributed by atoms with Crippen molar-refractivity contribution in [3.63, 3.8) is 0 Å². The first-order valence-electron chi connectivity index (χ1n) is 4.36. The van der Waals surface area contributed by atoms with E-state index in [1.165, 1.54) is 0 Å². The minimum Gasteiger partial charge on any atom is -0.465 e. The molecule has 1 unspecified atom stereocenters. The summed E-state index contributed by atoms with van der Waals surface area (Å²) in [7, 11) is 0. The molecule has 0 aliphatic heterocycles. The Morgan fingerprint density at radius 3 is 2.31 bits per heavy atom. The Bertz CT molecular complexity index is 158. The van der Waals surface area contributed by atoms with Crippen LogP contribution in [0.4, 0.5) is 0 Å². The maximum atomic E-state index is 11.3. The number of carbonyl (C=O) groups excluding carboxylic acids is 1. The molecule has 3 nitrogen and oxygen atoms in total. The largest absolute Gasteiger partial charge is 0.465 e. The molecule has 0 spiro atoms. The van der Waals surface area contributed by atoms with Crippen molar-refractivity contribution in [1.29, 1.82) is 0 Å². The summed E-state index contributed by atoms with van der Waals surface area (Å²) in [5.74, 6) is 0.100. The highest BCUT2D eigenvalue weighted by molar-refractivity contribution is 5.85. The highest BCUT2D eigenvalue weighted by atomic mass is 35.5. The molecule has 2 N–H and O–H groups in total. The molecule has 0 aliphatic rings. The zero-order valence-electron chi connectivity index (χ0n) is 8.79. The van der Waals surface area contributed by atoms with E-state index in [1.54, 1.807) is 13.8 Å². The van der Waals surface area contributed by atoms with Crippen molar-refractivity contribution in [3.8, 4) is 0 Å². The summed E-state index contributed by atoms with van der Waals surface area (Å²) in [4.78, 5) is 11.3. The molecule has 1 atom stereocenters. The van der Waals surface area contributed by atoms with Crippen molar-refractivity contribution in [2.24, 2.45) is 11.7 Å². The average Bonchev–Trinajstić information content (AvgIpc) is 1.85. The van der Waals surface area contributed by atoms with E-state index in [9.17, 15) is 4.79 Å². The normalized spacial score (nSPS) is 14.6. The van der Waals surface area contributed by atoms with Gasteiger partial charge in [-0.05, 0) is 26.2 Å². The van der Waals surface area contributed by atoms with Gasteiger partial charge in [0.2, 0.25) is 0 Å². The summed E-state index contributed by atoms with van der Waals surface area (Å²) >= 11 is 0. The lowest BCUT2D eigenvalue weighted by Crippen LogP contribution is -2.47. The van der Waals surface area contributed by atoms with Gasteiger partial charge in [-0.25, -0.2) is 0 Å². The van der Waals surface area contributed by atoms with Gasteiger partial charge >= 0.3 is 5.97 Å². The lowest BCUT2D eigenvalue weighted by molar-refractivity contribution is -0.149. The van der Waals surface area contributed by atoms with E-state index in [4.69, 9.17) is 10.5 Å². The molecule has 0 fully saturated rings. The van der Waals surface area contributed by atoms with Crippen LogP contribution in [0.5, 0.6) is 0 Å². The van der Waals surface area contributed by atoms with Crippen molar-refractivity contribution in [3.05, 3.63) is 0 Å². The number of hydrogen-bond donors (Lipinski definition) is 1. The summed E-state index contributed by atoms with van der Waals surface area (Å²) in [6.45, 7) is 7.95. The molecule has 80 valence electrons. The molecule has 0 aromatic rings. The van der Waals surface area contributed by atoms with Gasteiger partial charge < -0.3 is 10.5 Å². The van der Waals surface area contributed by atoms with Crippen LogP contribution in [-0.4, -0.2) is 18.1 Å². The quantitative estimate of drug-likeness (QED) is 0.718. The van der Waals surface area contributed by atoms with Gasteiger partial charge in [-0.1, -0.05) is 13.8 Å². The molecule has 0 bridgehead atoms. The molecule has 0 aromatic heterocycles. The van der Waals surface area contributed by atoms with Gasteiger partial charge in [0.15, 0.2) is 0 Å². The van der Waals surface area contributed by atoms with Gasteiger partial charge in [-0.15, -0.1) is 12.4 Å². The number of hydrogen-bond acceptors (Lipinski definition) is 3. The Hall–Kier alpha value is -0.280. The summed E-state index contributed by atoms with van der Waals surface area (Å²) in [6, 6.07) is 0. The lowest BCUT2D eigenvalue weighted by Gasteiger charge is -2.23. The average molecular weight is 210 g/mol. The van der Waals surface area contributed by atoms with Crippen LogP contribution in [-0.2, 0) is 9.53 Å². The van der Waals surface area contributed by atoms with E-state index < -0.39 is 5.54 Å². The van der Waals surface area contributed by atoms with E-state index in [0.29, 0.717) is 18.9 Å². The first kappa shape index (κ1) is 15.2. The maximum absolute atomic E-state index is 11.3. The van der Waals surface area contributed by atoms with E-state index in [1.807, 2.05) is 13.8 Å². The van der Waals surface area contributed by atoms with E-state index in [0.717, 1.165) is 0 Å². The first-order valence-corrected chi connectivity index (χ1v) is 4.36. The monoisotopic (exact) mass is 209 g/mol. The van der Waals surface area contributed by atoms with E-state index >= 15 is 0 Å². The molecular formula is C9H20ClNO2. The number of esters is 1. The zero-order chi connectivity index (χ0) is 9.78. The molecule has 0 heterocycles. The summed E-state index contributed by atoms with van der Waals surface area (Å²) in [5.41, 5.74) is 4.94. The van der Waals surface area contributed by atoms with Crippen LogP contribution in [0.1, 0.15) is 34.1 Å². The minimum absolute atomic E-state index is 0. The number of nitrogens with two attached hydrogens (primary N) is 1. The Morgan fingerprint density at radius 1 is 1.54 bits per heavy atom. The topological polar surface area (TPSA) is 52.3 Å². The molecule has 0 aliphatic carbocycles. The fourth-order valence-corrected chi connectivity index (χ4v) is 1.23. The molecule has 0 saturated carbocycles. The maximum Gasteiger partial charge on any atom is 0.325 e. The minimum atomic E-state index is -0.829. The standard InChI is InChI=1S/C9H19NO2.ClH/c1-5-12-8(11)9(4,10)6-7(2)3;/h7H,5-6,10H2,1-4H3;1H. The second-order valence-corrected chi connectivity index (χ2v) is 3.74. The number of ether oxygens (including phenoxy) is 1. The van der Waals surface area contributed by atoms with E-state index in [2.05, 4.69) is 0 Å². The Morgan fingerprint density at radius 2 is 2.00 bits per heavy atom. The summed E-state index contributed by atoms with van der Waals surface area (Å²) in [6.07, 6.45) is 0.659.